The Morgan fingerprint density at radius 2 is 2.17 bits per heavy atom. The van der Waals surface area contributed by atoms with Crippen LogP contribution in [0.4, 0.5) is 0 Å². The predicted molar refractivity (Wildman–Crippen MR) is 75.0 cm³/mol. The molecule has 0 aliphatic rings. The van der Waals surface area contributed by atoms with Gasteiger partial charge in [0.2, 0.25) is 0 Å². The molecule has 0 aliphatic carbocycles. The van der Waals surface area contributed by atoms with Crippen LogP contribution in [-0.2, 0) is 17.7 Å². The fraction of sp³-hybridized carbons (Fsp3) is 0.769. The van der Waals surface area contributed by atoms with E-state index in [9.17, 15) is 0 Å². The maximum atomic E-state index is 6.08. The molecule has 0 atom stereocenters. The molecule has 0 radical (unpaired) electrons. The van der Waals surface area contributed by atoms with E-state index in [1.54, 1.807) is 7.11 Å². The van der Waals surface area contributed by atoms with E-state index in [4.69, 9.17) is 16.3 Å². The highest BCUT2D eigenvalue weighted by Crippen LogP contribution is 2.13. The number of imidazole rings is 1. The summed E-state index contributed by atoms with van der Waals surface area (Å²) in [6.45, 7) is 4.73. The van der Waals surface area contributed by atoms with Crippen LogP contribution < -0.4 is 5.32 Å². The first-order chi connectivity index (χ1) is 8.77. The maximum absolute atomic E-state index is 6.08. The Morgan fingerprint density at radius 1 is 1.33 bits per heavy atom. The number of halogens is 1. The van der Waals surface area contributed by atoms with Crippen LogP contribution in [-0.4, -0.2) is 30.2 Å². The topological polar surface area (TPSA) is 49.9 Å². The number of hydrogen-bond acceptors (Lipinski definition) is 3. The van der Waals surface area contributed by atoms with Gasteiger partial charge in [0.15, 0.2) is 5.15 Å². The van der Waals surface area contributed by atoms with Crippen LogP contribution in [0.25, 0.3) is 0 Å². The largest absolute Gasteiger partial charge is 0.385 e. The minimum Gasteiger partial charge on any atom is -0.385 e. The van der Waals surface area contributed by atoms with Gasteiger partial charge in [0.1, 0.15) is 5.82 Å². The predicted octanol–water partition coefficient (Wildman–Crippen LogP) is 2.92. The summed E-state index contributed by atoms with van der Waals surface area (Å²) in [5.41, 5.74) is 0.995. The summed E-state index contributed by atoms with van der Waals surface area (Å²) in [6.07, 6.45) is 5.49. The number of rotatable bonds is 10. The van der Waals surface area contributed by atoms with Crippen LogP contribution in [0.1, 0.15) is 44.1 Å². The number of aromatic nitrogens is 2. The van der Waals surface area contributed by atoms with Gasteiger partial charge in [-0.15, -0.1) is 0 Å². The van der Waals surface area contributed by atoms with Crippen LogP contribution in [0, 0.1) is 0 Å². The molecule has 0 saturated heterocycles. The van der Waals surface area contributed by atoms with E-state index in [-0.39, 0.29) is 0 Å². The van der Waals surface area contributed by atoms with Crippen molar-refractivity contribution >= 4 is 11.6 Å². The first-order valence-electron chi connectivity index (χ1n) is 6.70. The molecule has 104 valence electrons. The summed E-state index contributed by atoms with van der Waals surface area (Å²) >= 11 is 6.08. The fourth-order valence-corrected chi connectivity index (χ4v) is 1.95. The Kier molecular flexibility index (Phi) is 8.05. The van der Waals surface area contributed by atoms with Gasteiger partial charge in [-0.2, -0.15) is 0 Å². The number of unbranched alkanes of at least 4 members (excludes halogenated alkanes) is 2. The lowest BCUT2D eigenvalue weighted by Gasteiger charge is -2.03. The van der Waals surface area contributed by atoms with Gasteiger partial charge in [-0.1, -0.05) is 24.9 Å². The number of H-pyrrole nitrogens is 1. The number of aromatic amines is 1. The summed E-state index contributed by atoms with van der Waals surface area (Å²) in [5.74, 6) is 0.998. The molecule has 1 rings (SSSR count). The van der Waals surface area contributed by atoms with E-state index in [1.807, 2.05) is 0 Å². The van der Waals surface area contributed by atoms with Crippen molar-refractivity contribution in [2.24, 2.45) is 0 Å². The molecule has 0 saturated carbocycles. The molecule has 0 spiro atoms. The standard InChI is InChI=1S/C13H24ClN3O/c1-3-4-7-12-16-11(13(14)17-12)10-15-8-5-6-9-18-2/h15H,3-10H2,1-2H3,(H,16,17). The van der Waals surface area contributed by atoms with Crippen molar-refractivity contribution in [1.29, 1.82) is 0 Å². The second kappa shape index (κ2) is 9.36. The third kappa shape index (κ3) is 5.85. The van der Waals surface area contributed by atoms with Crippen LogP contribution in [0.2, 0.25) is 5.15 Å². The van der Waals surface area contributed by atoms with Crippen molar-refractivity contribution in [2.45, 2.75) is 45.6 Å². The fourth-order valence-electron chi connectivity index (χ4n) is 1.73. The minimum atomic E-state index is 0.602. The van der Waals surface area contributed by atoms with Crippen LogP contribution in [0.3, 0.4) is 0 Å². The Balaban J connectivity index is 2.22. The van der Waals surface area contributed by atoms with Gasteiger partial charge in [-0.3, -0.25) is 0 Å². The molecular weight excluding hydrogens is 250 g/mol. The van der Waals surface area contributed by atoms with Crippen LogP contribution in [0.15, 0.2) is 0 Å². The lowest BCUT2D eigenvalue weighted by molar-refractivity contribution is 0.192. The molecule has 0 amide bonds. The lowest BCUT2D eigenvalue weighted by Crippen LogP contribution is -2.15. The van der Waals surface area contributed by atoms with Gasteiger partial charge < -0.3 is 15.0 Å². The van der Waals surface area contributed by atoms with Crippen molar-refractivity contribution in [1.82, 2.24) is 15.3 Å². The van der Waals surface area contributed by atoms with E-state index >= 15 is 0 Å². The van der Waals surface area contributed by atoms with Crippen molar-refractivity contribution in [2.75, 3.05) is 20.3 Å². The molecule has 5 heteroatoms. The third-order valence-electron chi connectivity index (χ3n) is 2.80. The highest BCUT2D eigenvalue weighted by Gasteiger charge is 2.07. The van der Waals surface area contributed by atoms with Gasteiger partial charge >= 0.3 is 0 Å². The number of methoxy groups -OCH3 is 1. The number of nitrogens with zero attached hydrogens (tertiary/aromatic N) is 1. The van der Waals surface area contributed by atoms with Crippen molar-refractivity contribution in [3.63, 3.8) is 0 Å². The van der Waals surface area contributed by atoms with Gasteiger partial charge in [0.05, 0.1) is 5.69 Å². The van der Waals surface area contributed by atoms with E-state index in [0.29, 0.717) is 5.15 Å². The van der Waals surface area contributed by atoms with Crippen molar-refractivity contribution in [3.8, 4) is 0 Å². The smallest absolute Gasteiger partial charge is 0.151 e. The highest BCUT2D eigenvalue weighted by atomic mass is 35.5. The molecule has 4 nitrogen and oxygen atoms in total. The zero-order chi connectivity index (χ0) is 13.2. The summed E-state index contributed by atoms with van der Waals surface area (Å²) in [4.78, 5) is 7.61. The molecule has 0 aliphatic heterocycles. The summed E-state index contributed by atoms with van der Waals surface area (Å²) in [6, 6.07) is 0. The monoisotopic (exact) mass is 273 g/mol. The average molecular weight is 274 g/mol. The summed E-state index contributed by atoms with van der Waals surface area (Å²) in [7, 11) is 1.73. The van der Waals surface area contributed by atoms with Gasteiger partial charge in [-0.25, -0.2) is 4.98 Å². The number of nitrogens with one attached hydrogen (secondary N) is 2. The SMILES string of the molecule is CCCCc1nc(Cl)c(CNCCCCOC)[nH]1. The van der Waals surface area contributed by atoms with E-state index in [1.165, 1.54) is 6.42 Å². The Labute approximate surface area is 114 Å². The number of ether oxygens (including phenoxy) is 1. The van der Waals surface area contributed by atoms with E-state index in [2.05, 4.69) is 22.2 Å². The molecule has 0 bridgehead atoms. The molecule has 1 heterocycles. The zero-order valence-electron chi connectivity index (χ0n) is 11.4. The zero-order valence-corrected chi connectivity index (χ0v) is 12.1. The average Bonchev–Trinajstić information content (AvgIpc) is 2.72. The third-order valence-corrected chi connectivity index (χ3v) is 3.11. The van der Waals surface area contributed by atoms with E-state index < -0.39 is 0 Å². The Bertz CT molecular complexity index is 328. The highest BCUT2D eigenvalue weighted by molar-refractivity contribution is 6.30. The molecule has 0 aromatic carbocycles. The molecule has 0 fully saturated rings. The maximum Gasteiger partial charge on any atom is 0.151 e. The van der Waals surface area contributed by atoms with E-state index in [0.717, 1.165) is 56.9 Å². The van der Waals surface area contributed by atoms with Crippen LogP contribution >= 0.6 is 11.6 Å². The quantitative estimate of drug-likeness (QED) is 0.645. The van der Waals surface area contributed by atoms with Gasteiger partial charge in [0, 0.05) is 26.7 Å². The van der Waals surface area contributed by atoms with Gasteiger partial charge in [0.25, 0.3) is 0 Å². The molecule has 1 aromatic heterocycles. The number of aryl methyl sites for hydroxylation is 1. The summed E-state index contributed by atoms with van der Waals surface area (Å²) < 4.78 is 5.00. The lowest BCUT2D eigenvalue weighted by atomic mass is 10.2. The Hall–Kier alpha value is -0.580. The second-order valence-electron chi connectivity index (χ2n) is 4.43. The van der Waals surface area contributed by atoms with Gasteiger partial charge in [-0.05, 0) is 25.8 Å². The first kappa shape index (κ1) is 15.5. The minimum absolute atomic E-state index is 0.602. The summed E-state index contributed by atoms with van der Waals surface area (Å²) in [5, 5.41) is 3.96. The molecule has 1 aromatic rings. The second-order valence-corrected chi connectivity index (χ2v) is 4.79. The molecule has 18 heavy (non-hydrogen) atoms. The first-order valence-corrected chi connectivity index (χ1v) is 7.08. The molecule has 0 unspecified atom stereocenters. The Morgan fingerprint density at radius 3 is 2.89 bits per heavy atom. The molecular formula is C13H24ClN3O. The van der Waals surface area contributed by atoms with Crippen molar-refractivity contribution in [3.05, 3.63) is 16.7 Å². The normalized spacial score (nSPS) is 11.1. The number of hydrogen-bond donors (Lipinski definition) is 2. The molecule has 2 N–H and O–H groups in total. The van der Waals surface area contributed by atoms with Crippen LogP contribution in [0.5, 0.6) is 0 Å². The van der Waals surface area contributed by atoms with Crippen molar-refractivity contribution < 1.29 is 4.74 Å².